The second-order valence-electron chi connectivity index (χ2n) is 4.84. The molecule has 1 heterocycles. The van der Waals surface area contributed by atoms with E-state index in [9.17, 15) is 9.59 Å². The van der Waals surface area contributed by atoms with E-state index in [1.54, 1.807) is 0 Å². The molecule has 1 aromatic carbocycles. The lowest BCUT2D eigenvalue weighted by Gasteiger charge is -2.12. The van der Waals surface area contributed by atoms with Gasteiger partial charge in [-0.2, -0.15) is 0 Å². The van der Waals surface area contributed by atoms with Crippen molar-refractivity contribution < 1.29 is 24.2 Å². The van der Waals surface area contributed by atoms with Gasteiger partial charge in [-0.1, -0.05) is 18.2 Å². The number of para-hydroxylation sites is 1. The first kappa shape index (κ1) is 15.3. The smallest absolute Gasteiger partial charge is 0.332 e. The number of nitrogens with one attached hydrogen (secondary N) is 1. The van der Waals surface area contributed by atoms with Crippen molar-refractivity contribution in [3.05, 3.63) is 30.3 Å². The number of rotatable bonds is 7. The Morgan fingerprint density at radius 3 is 2.62 bits per heavy atom. The molecule has 0 unspecified atom stereocenters. The highest BCUT2D eigenvalue weighted by Gasteiger charge is 2.34. The highest BCUT2D eigenvalue weighted by Crippen LogP contribution is 2.19. The third kappa shape index (κ3) is 4.75. The van der Waals surface area contributed by atoms with Crippen molar-refractivity contribution in [2.75, 3.05) is 13.2 Å². The number of carboxylic acid groups (broad SMARTS) is 1. The number of benzene rings is 1. The normalized spacial score (nSPS) is 21.0. The molecule has 0 spiro atoms. The Labute approximate surface area is 123 Å². The molecule has 0 bridgehead atoms. The Morgan fingerprint density at radius 1 is 1.24 bits per heavy atom. The lowest BCUT2D eigenvalue weighted by molar-refractivity contribution is -0.151. The number of aliphatic carboxylic acids is 1. The van der Waals surface area contributed by atoms with Crippen molar-refractivity contribution in [1.82, 2.24) is 5.32 Å². The molecule has 0 radical (unpaired) electrons. The zero-order chi connectivity index (χ0) is 15.1. The highest BCUT2D eigenvalue weighted by molar-refractivity contribution is 5.82. The molecule has 1 saturated heterocycles. The maximum atomic E-state index is 11.8. The van der Waals surface area contributed by atoms with Crippen LogP contribution in [0.25, 0.3) is 0 Å². The molecule has 6 heteroatoms. The summed E-state index contributed by atoms with van der Waals surface area (Å²) >= 11 is 0. The molecule has 1 fully saturated rings. The monoisotopic (exact) mass is 293 g/mol. The fourth-order valence-corrected chi connectivity index (χ4v) is 2.12. The largest absolute Gasteiger partial charge is 0.494 e. The summed E-state index contributed by atoms with van der Waals surface area (Å²) < 4.78 is 10.7. The van der Waals surface area contributed by atoms with Gasteiger partial charge in [0, 0.05) is 6.54 Å². The van der Waals surface area contributed by atoms with Gasteiger partial charge in [0.15, 0.2) is 6.10 Å². The van der Waals surface area contributed by atoms with Gasteiger partial charge in [0.05, 0.1) is 6.61 Å². The fraction of sp³-hybridized carbons (Fsp3) is 0.467. The molecule has 1 aliphatic rings. The summed E-state index contributed by atoms with van der Waals surface area (Å²) in [7, 11) is 0. The third-order valence-electron chi connectivity index (χ3n) is 3.22. The van der Waals surface area contributed by atoms with E-state index < -0.39 is 18.2 Å². The van der Waals surface area contributed by atoms with Crippen LogP contribution in [0.1, 0.15) is 19.3 Å². The van der Waals surface area contributed by atoms with Gasteiger partial charge in [0.25, 0.3) is 0 Å². The van der Waals surface area contributed by atoms with Gasteiger partial charge in [0.1, 0.15) is 11.9 Å². The topological polar surface area (TPSA) is 84.9 Å². The number of ether oxygens (including phenoxy) is 2. The van der Waals surface area contributed by atoms with Gasteiger partial charge in [-0.15, -0.1) is 0 Å². The predicted octanol–water partition coefficient (Wildman–Crippen LogP) is 1.20. The van der Waals surface area contributed by atoms with Crippen LogP contribution in [0.4, 0.5) is 0 Å². The molecule has 0 aliphatic carbocycles. The second-order valence-corrected chi connectivity index (χ2v) is 4.84. The quantitative estimate of drug-likeness (QED) is 0.738. The van der Waals surface area contributed by atoms with Crippen LogP contribution in [-0.4, -0.2) is 42.3 Å². The van der Waals surface area contributed by atoms with E-state index in [0.717, 1.165) is 5.75 Å². The molecular formula is C15H19NO5. The summed E-state index contributed by atoms with van der Waals surface area (Å²) in [5.74, 6) is -0.465. The first-order chi connectivity index (χ1) is 10.2. The summed E-state index contributed by atoms with van der Waals surface area (Å²) in [6, 6.07) is 9.45. The molecule has 21 heavy (non-hydrogen) atoms. The third-order valence-corrected chi connectivity index (χ3v) is 3.22. The summed E-state index contributed by atoms with van der Waals surface area (Å²) in [6.07, 6.45) is -0.00729. The first-order valence-electron chi connectivity index (χ1n) is 7.00. The minimum Gasteiger partial charge on any atom is -0.494 e. The summed E-state index contributed by atoms with van der Waals surface area (Å²) in [5, 5.41) is 11.5. The number of hydrogen-bond acceptors (Lipinski definition) is 4. The summed E-state index contributed by atoms with van der Waals surface area (Å²) in [6.45, 7) is 0.983. The molecule has 1 aromatic rings. The van der Waals surface area contributed by atoms with E-state index in [4.69, 9.17) is 14.6 Å². The van der Waals surface area contributed by atoms with Gasteiger partial charge in [-0.3, -0.25) is 4.79 Å². The van der Waals surface area contributed by atoms with Gasteiger partial charge in [0.2, 0.25) is 5.91 Å². The summed E-state index contributed by atoms with van der Waals surface area (Å²) in [4.78, 5) is 22.5. The Hall–Kier alpha value is -2.08. The standard InChI is InChI=1S/C15H19NO5/c17-14(12-7-8-13(21-12)15(18)19)16-9-4-10-20-11-5-2-1-3-6-11/h1-3,5-6,12-13H,4,7-10H2,(H,16,17)(H,18,19)/t12-,13+/m0/s1. The number of hydrogen-bond donors (Lipinski definition) is 2. The molecule has 0 aromatic heterocycles. The lowest BCUT2D eigenvalue weighted by Crippen LogP contribution is -2.36. The van der Waals surface area contributed by atoms with E-state index in [0.29, 0.717) is 32.4 Å². The molecule has 1 amide bonds. The van der Waals surface area contributed by atoms with Crippen LogP contribution in [-0.2, 0) is 14.3 Å². The second kappa shape index (κ2) is 7.64. The predicted molar refractivity (Wildman–Crippen MR) is 75.1 cm³/mol. The maximum absolute atomic E-state index is 11.8. The maximum Gasteiger partial charge on any atom is 0.332 e. The number of amides is 1. The highest BCUT2D eigenvalue weighted by atomic mass is 16.5. The van der Waals surface area contributed by atoms with Crippen LogP contribution < -0.4 is 10.1 Å². The van der Waals surface area contributed by atoms with E-state index in [-0.39, 0.29) is 5.91 Å². The fourth-order valence-electron chi connectivity index (χ4n) is 2.12. The Bertz CT molecular complexity index is 476. The van der Waals surface area contributed by atoms with Crippen molar-refractivity contribution in [3.63, 3.8) is 0 Å². The lowest BCUT2D eigenvalue weighted by atomic mass is 10.2. The van der Waals surface area contributed by atoms with E-state index in [2.05, 4.69) is 5.32 Å². The van der Waals surface area contributed by atoms with Crippen LogP contribution in [0.3, 0.4) is 0 Å². The number of carbonyl (C=O) groups excluding carboxylic acids is 1. The van der Waals surface area contributed by atoms with Crippen LogP contribution in [0.15, 0.2) is 30.3 Å². The average Bonchev–Trinajstić information content (AvgIpc) is 2.98. The van der Waals surface area contributed by atoms with Crippen LogP contribution >= 0.6 is 0 Å². The first-order valence-corrected chi connectivity index (χ1v) is 7.00. The van der Waals surface area contributed by atoms with Crippen molar-refractivity contribution in [2.24, 2.45) is 0 Å². The summed E-state index contributed by atoms with van der Waals surface area (Å²) in [5.41, 5.74) is 0. The van der Waals surface area contributed by atoms with Crippen LogP contribution in [0.5, 0.6) is 5.75 Å². The van der Waals surface area contributed by atoms with Crippen molar-refractivity contribution in [2.45, 2.75) is 31.5 Å². The SMILES string of the molecule is O=C(NCCCOc1ccccc1)[C@@H]1CC[C@H](C(=O)O)O1. The molecule has 114 valence electrons. The van der Waals surface area contributed by atoms with Gasteiger partial charge in [-0.05, 0) is 31.4 Å². The minimum absolute atomic E-state index is 0.251. The van der Waals surface area contributed by atoms with E-state index in [1.165, 1.54) is 0 Å². The van der Waals surface area contributed by atoms with Crippen molar-refractivity contribution in [3.8, 4) is 5.75 Å². The molecule has 1 aliphatic heterocycles. The Kier molecular flexibility index (Phi) is 5.57. The van der Waals surface area contributed by atoms with E-state index >= 15 is 0 Å². The zero-order valence-electron chi connectivity index (χ0n) is 11.7. The van der Waals surface area contributed by atoms with E-state index in [1.807, 2.05) is 30.3 Å². The van der Waals surface area contributed by atoms with Crippen LogP contribution in [0, 0.1) is 0 Å². The average molecular weight is 293 g/mol. The number of carboxylic acids is 1. The zero-order valence-corrected chi connectivity index (χ0v) is 11.7. The molecule has 0 saturated carbocycles. The molecule has 2 atom stereocenters. The van der Waals surface area contributed by atoms with Crippen molar-refractivity contribution in [1.29, 1.82) is 0 Å². The molecular weight excluding hydrogens is 274 g/mol. The van der Waals surface area contributed by atoms with Crippen LogP contribution in [0.2, 0.25) is 0 Å². The minimum atomic E-state index is -1.01. The molecule has 2 N–H and O–H groups in total. The van der Waals surface area contributed by atoms with Gasteiger partial charge in [-0.25, -0.2) is 4.79 Å². The Morgan fingerprint density at radius 2 is 1.95 bits per heavy atom. The Balaban J connectivity index is 1.59. The van der Waals surface area contributed by atoms with Crippen molar-refractivity contribution >= 4 is 11.9 Å². The number of carbonyl (C=O) groups is 2. The molecule has 2 rings (SSSR count). The molecule has 6 nitrogen and oxygen atoms in total. The van der Waals surface area contributed by atoms with Gasteiger partial charge >= 0.3 is 5.97 Å². The van der Waals surface area contributed by atoms with Gasteiger partial charge < -0.3 is 19.9 Å².